The summed E-state index contributed by atoms with van der Waals surface area (Å²) >= 11 is 0. The van der Waals surface area contributed by atoms with Crippen LogP contribution in [-0.2, 0) is 0 Å². The maximum absolute atomic E-state index is 11.9. The van der Waals surface area contributed by atoms with Crippen molar-refractivity contribution in [3.05, 3.63) is 33.5 Å². The van der Waals surface area contributed by atoms with Gasteiger partial charge in [0.25, 0.3) is 5.91 Å². The number of aryl methyl sites for hydroxylation is 1. The number of hydrogen-bond acceptors (Lipinski definition) is 4. The van der Waals surface area contributed by atoms with Gasteiger partial charge in [0.05, 0.1) is 5.56 Å². The Balaban J connectivity index is 2.69. The summed E-state index contributed by atoms with van der Waals surface area (Å²) in [5, 5.41) is 13.4. The zero-order chi connectivity index (χ0) is 14.4. The van der Waals surface area contributed by atoms with Gasteiger partial charge in [-0.25, -0.2) is 0 Å². The van der Waals surface area contributed by atoms with Gasteiger partial charge in [-0.05, 0) is 28.3 Å². The van der Waals surface area contributed by atoms with Gasteiger partial charge in [-0.3, -0.25) is 4.79 Å². The summed E-state index contributed by atoms with van der Waals surface area (Å²) in [4.78, 5) is 25.7. The third-order valence-corrected chi connectivity index (χ3v) is 3.01. The van der Waals surface area contributed by atoms with E-state index in [4.69, 9.17) is 0 Å². The second-order valence-electron chi connectivity index (χ2n) is 4.67. The number of hydrogen-bond donors (Lipinski definition) is 1. The Morgan fingerprint density at radius 2 is 2.21 bits per heavy atom. The van der Waals surface area contributed by atoms with Crippen LogP contribution in [0, 0.1) is 23.0 Å². The van der Waals surface area contributed by atoms with Crippen molar-refractivity contribution in [3.63, 3.8) is 0 Å². The van der Waals surface area contributed by atoms with E-state index in [1.165, 1.54) is 6.07 Å². The van der Waals surface area contributed by atoms with E-state index in [1.54, 1.807) is 13.0 Å². The van der Waals surface area contributed by atoms with Crippen molar-refractivity contribution in [2.75, 3.05) is 6.54 Å². The zero-order valence-corrected chi connectivity index (χ0v) is 11.5. The van der Waals surface area contributed by atoms with Crippen LogP contribution in [0.2, 0.25) is 0 Å². The van der Waals surface area contributed by atoms with E-state index in [0.29, 0.717) is 18.2 Å². The first-order valence-electron chi connectivity index (χ1n) is 6.35. The van der Waals surface area contributed by atoms with Crippen molar-refractivity contribution in [1.82, 2.24) is 10.3 Å². The van der Waals surface area contributed by atoms with Gasteiger partial charge in [0.15, 0.2) is 5.69 Å². The highest BCUT2D eigenvalue weighted by Crippen LogP contribution is 2.12. The molecule has 1 amide bonds. The summed E-state index contributed by atoms with van der Waals surface area (Å²) in [7, 11) is 0. The zero-order valence-electron chi connectivity index (χ0n) is 11.5. The van der Waals surface area contributed by atoms with Crippen LogP contribution in [0.3, 0.4) is 0 Å². The van der Waals surface area contributed by atoms with E-state index in [2.05, 4.69) is 24.1 Å². The minimum absolute atomic E-state index is 0.281. The lowest BCUT2D eigenvalue weighted by atomic mass is 10.1. The van der Waals surface area contributed by atoms with Crippen LogP contribution in [-0.4, -0.2) is 22.4 Å². The molecule has 1 atom stereocenters. The first-order valence-corrected chi connectivity index (χ1v) is 6.35. The summed E-state index contributed by atoms with van der Waals surface area (Å²) in [5.41, 5.74) is 0.740. The number of pyridine rings is 1. The summed E-state index contributed by atoms with van der Waals surface area (Å²) in [5.74, 6) is -0.0437. The number of carbonyl (C=O) groups is 1. The quantitative estimate of drug-likeness (QED) is 0.632. The Morgan fingerprint density at radius 1 is 1.53 bits per heavy atom. The van der Waals surface area contributed by atoms with E-state index >= 15 is 0 Å². The van der Waals surface area contributed by atoms with E-state index in [1.807, 2.05) is 0 Å². The molecular weight excluding hydrogens is 246 g/mol. The molecule has 0 aliphatic carbocycles. The second-order valence-corrected chi connectivity index (χ2v) is 4.67. The van der Waals surface area contributed by atoms with Crippen LogP contribution >= 0.6 is 0 Å². The largest absolute Gasteiger partial charge is 0.364 e. The van der Waals surface area contributed by atoms with Crippen molar-refractivity contribution in [2.24, 2.45) is 5.92 Å². The lowest BCUT2D eigenvalue weighted by molar-refractivity contribution is -0.389. The molecule has 6 heteroatoms. The van der Waals surface area contributed by atoms with Crippen molar-refractivity contribution >= 4 is 11.7 Å². The molecule has 1 heterocycles. The molecule has 104 valence electrons. The van der Waals surface area contributed by atoms with E-state index in [0.717, 1.165) is 12.8 Å². The first-order chi connectivity index (χ1) is 8.93. The van der Waals surface area contributed by atoms with Crippen molar-refractivity contribution in [2.45, 2.75) is 33.6 Å². The van der Waals surface area contributed by atoms with E-state index in [-0.39, 0.29) is 17.3 Å². The van der Waals surface area contributed by atoms with Gasteiger partial charge < -0.3 is 15.4 Å². The number of amides is 1. The molecule has 0 bridgehead atoms. The Labute approximate surface area is 112 Å². The highest BCUT2D eigenvalue weighted by atomic mass is 16.6. The van der Waals surface area contributed by atoms with Crippen LogP contribution in [0.4, 0.5) is 5.82 Å². The number of nitrogens with one attached hydrogen (secondary N) is 1. The van der Waals surface area contributed by atoms with Crippen LogP contribution < -0.4 is 5.32 Å². The summed E-state index contributed by atoms with van der Waals surface area (Å²) < 4.78 is 0. The minimum atomic E-state index is -0.594. The normalized spacial score (nSPS) is 11.9. The summed E-state index contributed by atoms with van der Waals surface area (Å²) in [6.45, 7) is 6.42. The predicted octanol–water partition coefficient (Wildman–Crippen LogP) is 2.46. The van der Waals surface area contributed by atoms with Gasteiger partial charge in [0.1, 0.15) is 0 Å². The third-order valence-electron chi connectivity index (χ3n) is 3.01. The lowest BCUT2D eigenvalue weighted by Gasteiger charge is -2.09. The maximum Gasteiger partial charge on any atom is 0.364 e. The number of carbonyl (C=O) groups excluding carboxylic acids is 1. The Morgan fingerprint density at radius 3 is 2.79 bits per heavy atom. The molecule has 1 aromatic rings. The Bertz CT molecular complexity index is 474. The van der Waals surface area contributed by atoms with Crippen LogP contribution in [0.15, 0.2) is 12.1 Å². The average Bonchev–Trinajstić information content (AvgIpc) is 2.37. The molecule has 1 unspecified atom stereocenters. The standard InChI is InChI=1S/C13H19N3O3/c1-4-9(2)5-6-14-13(17)11-7-10(3)15-12(8-11)16(18)19/h7-9H,4-6H2,1-3H3,(H,14,17). The van der Waals surface area contributed by atoms with Crippen LogP contribution in [0.1, 0.15) is 42.7 Å². The molecule has 19 heavy (non-hydrogen) atoms. The fraction of sp³-hybridized carbons (Fsp3) is 0.538. The number of nitrogens with zero attached hydrogens (tertiary/aromatic N) is 2. The minimum Gasteiger partial charge on any atom is -0.358 e. The average molecular weight is 265 g/mol. The molecule has 0 aliphatic rings. The van der Waals surface area contributed by atoms with E-state index in [9.17, 15) is 14.9 Å². The van der Waals surface area contributed by atoms with Crippen molar-refractivity contribution in [3.8, 4) is 0 Å². The van der Waals surface area contributed by atoms with Gasteiger partial charge in [-0.1, -0.05) is 20.3 Å². The molecule has 0 spiro atoms. The number of nitro groups is 1. The molecule has 0 saturated carbocycles. The predicted molar refractivity (Wildman–Crippen MR) is 72.0 cm³/mol. The highest BCUT2D eigenvalue weighted by molar-refractivity contribution is 5.94. The molecule has 1 rings (SSSR count). The van der Waals surface area contributed by atoms with Gasteiger partial charge in [-0.2, -0.15) is 0 Å². The number of rotatable bonds is 6. The lowest BCUT2D eigenvalue weighted by Crippen LogP contribution is -2.25. The molecular formula is C13H19N3O3. The molecule has 0 aliphatic heterocycles. The smallest absolute Gasteiger partial charge is 0.358 e. The van der Waals surface area contributed by atoms with Crippen LogP contribution in [0.5, 0.6) is 0 Å². The summed E-state index contributed by atoms with van der Waals surface area (Å²) in [6.07, 6.45) is 1.96. The van der Waals surface area contributed by atoms with Gasteiger partial charge in [0.2, 0.25) is 0 Å². The van der Waals surface area contributed by atoms with Crippen LogP contribution in [0.25, 0.3) is 0 Å². The molecule has 1 N–H and O–H groups in total. The Hall–Kier alpha value is -1.98. The summed E-state index contributed by atoms with van der Waals surface area (Å²) in [6, 6.07) is 2.75. The molecule has 0 aromatic carbocycles. The third kappa shape index (κ3) is 4.65. The second kappa shape index (κ2) is 6.82. The topological polar surface area (TPSA) is 85.1 Å². The Kier molecular flexibility index (Phi) is 5.41. The maximum atomic E-state index is 11.9. The fourth-order valence-electron chi connectivity index (χ4n) is 1.61. The molecule has 1 aromatic heterocycles. The monoisotopic (exact) mass is 265 g/mol. The van der Waals surface area contributed by atoms with Crippen molar-refractivity contribution < 1.29 is 9.72 Å². The van der Waals surface area contributed by atoms with Gasteiger partial charge in [-0.15, -0.1) is 0 Å². The number of aromatic nitrogens is 1. The van der Waals surface area contributed by atoms with Crippen molar-refractivity contribution in [1.29, 1.82) is 0 Å². The SMILES string of the molecule is CCC(C)CCNC(=O)c1cc(C)nc([N+](=O)[O-])c1. The van der Waals surface area contributed by atoms with Gasteiger partial charge in [0, 0.05) is 19.5 Å². The fourth-order valence-corrected chi connectivity index (χ4v) is 1.61. The molecule has 0 saturated heterocycles. The van der Waals surface area contributed by atoms with E-state index < -0.39 is 4.92 Å². The molecule has 6 nitrogen and oxygen atoms in total. The molecule has 0 radical (unpaired) electrons. The first kappa shape index (κ1) is 15.1. The molecule has 0 fully saturated rings. The highest BCUT2D eigenvalue weighted by Gasteiger charge is 2.15. The van der Waals surface area contributed by atoms with Gasteiger partial charge >= 0.3 is 5.82 Å².